The summed E-state index contributed by atoms with van der Waals surface area (Å²) in [4.78, 5) is 22.8. The van der Waals surface area contributed by atoms with E-state index in [0.29, 0.717) is 5.56 Å². The van der Waals surface area contributed by atoms with E-state index >= 15 is 0 Å². The molecule has 0 atom stereocenters. The van der Waals surface area contributed by atoms with Crippen molar-refractivity contribution in [3.63, 3.8) is 0 Å². The number of nitro benzene ring substituents is 1. The Bertz CT molecular complexity index is 1150. The van der Waals surface area contributed by atoms with Gasteiger partial charge in [0.1, 0.15) is 0 Å². The summed E-state index contributed by atoms with van der Waals surface area (Å²) in [5.41, 5.74) is 9.24. The number of benzene rings is 2. The molecule has 0 bridgehead atoms. The predicted molar refractivity (Wildman–Crippen MR) is 117 cm³/mol. The van der Waals surface area contributed by atoms with Crippen LogP contribution in [-0.2, 0) is 11.2 Å². The first-order valence-electron chi connectivity index (χ1n) is 9.59. The molecule has 0 saturated carbocycles. The Balaban J connectivity index is 1.76. The SMILES string of the molecule is Cc1cccc(-n2c(C)cc(C=NNC(=O)Cc3ccccc3[N+](=O)[O-])c2C)c1C. The minimum absolute atomic E-state index is 0.0753. The van der Waals surface area contributed by atoms with E-state index in [9.17, 15) is 14.9 Å². The Kier molecular flexibility index (Phi) is 6.11. The molecule has 3 aromatic rings. The Morgan fingerprint density at radius 1 is 1.13 bits per heavy atom. The van der Waals surface area contributed by atoms with Gasteiger partial charge < -0.3 is 4.57 Å². The van der Waals surface area contributed by atoms with Crippen molar-refractivity contribution in [2.24, 2.45) is 5.10 Å². The summed E-state index contributed by atoms with van der Waals surface area (Å²) < 4.78 is 2.17. The number of carbonyl (C=O) groups is 1. The van der Waals surface area contributed by atoms with Gasteiger partial charge in [-0.1, -0.05) is 30.3 Å². The first kappa shape index (κ1) is 21.0. The zero-order chi connectivity index (χ0) is 21.8. The van der Waals surface area contributed by atoms with Crippen LogP contribution in [0.2, 0.25) is 0 Å². The molecule has 0 aliphatic carbocycles. The molecule has 1 aromatic heterocycles. The van der Waals surface area contributed by atoms with Gasteiger partial charge in [0.15, 0.2) is 0 Å². The van der Waals surface area contributed by atoms with Crippen molar-refractivity contribution in [3.05, 3.63) is 92.3 Å². The lowest BCUT2D eigenvalue weighted by molar-refractivity contribution is -0.385. The van der Waals surface area contributed by atoms with Crippen molar-refractivity contribution in [2.75, 3.05) is 0 Å². The average molecular weight is 404 g/mol. The third-order valence-electron chi connectivity index (χ3n) is 5.22. The number of aryl methyl sites for hydroxylation is 2. The molecule has 0 unspecified atom stereocenters. The molecule has 1 heterocycles. The molecular weight excluding hydrogens is 380 g/mol. The van der Waals surface area contributed by atoms with Crippen LogP contribution in [0.25, 0.3) is 5.69 Å². The first-order chi connectivity index (χ1) is 14.3. The fraction of sp³-hybridized carbons (Fsp3) is 0.217. The first-order valence-corrected chi connectivity index (χ1v) is 9.59. The second kappa shape index (κ2) is 8.73. The third kappa shape index (κ3) is 4.30. The van der Waals surface area contributed by atoms with E-state index in [-0.39, 0.29) is 12.1 Å². The second-order valence-electron chi connectivity index (χ2n) is 7.24. The van der Waals surface area contributed by atoms with E-state index in [0.717, 1.165) is 22.6 Å². The summed E-state index contributed by atoms with van der Waals surface area (Å²) in [6.07, 6.45) is 1.48. The number of nitrogens with one attached hydrogen (secondary N) is 1. The maximum Gasteiger partial charge on any atom is 0.273 e. The van der Waals surface area contributed by atoms with Crippen LogP contribution in [0.4, 0.5) is 5.69 Å². The molecule has 0 saturated heterocycles. The van der Waals surface area contributed by atoms with Crippen LogP contribution in [-0.4, -0.2) is 21.6 Å². The number of rotatable bonds is 6. The minimum atomic E-state index is -0.492. The molecular formula is C23H24N4O3. The highest BCUT2D eigenvalue weighted by Gasteiger charge is 2.15. The molecule has 0 aliphatic rings. The maximum absolute atomic E-state index is 12.2. The van der Waals surface area contributed by atoms with Crippen LogP contribution in [0.3, 0.4) is 0 Å². The number of hydrazone groups is 1. The number of carbonyl (C=O) groups excluding carboxylic acids is 1. The van der Waals surface area contributed by atoms with Crippen LogP contribution < -0.4 is 5.43 Å². The lowest BCUT2D eigenvalue weighted by Gasteiger charge is -2.14. The van der Waals surface area contributed by atoms with Crippen molar-refractivity contribution in [2.45, 2.75) is 34.1 Å². The van der Waals surface area contributed by atoms with Gasteiger partial charge in [-0.25, -0.2) is 5.43 Å². The maximum atomic E-state index is 12.2. The van der Waals surface area contributed by atoms with E-state index in [1.54, 1.807) is 24.4 Å². The molecule has 1 N–H and O–H groups in total. The summed E-state index contributed by atoms with van der Waals surface area (Å²) in [6.45, 7) is 8.22. The van der Waals surface area contributed by atoms with Gasteiger partial charge in [-0.05, 0) is 51.0 Å². The Morgan fingerprint density at radius 3 is 2.60 bits per heavy atom. The van der Waals surface area contributed by atoms with E-state index in [2.05, 4.69) is 41.1 Å². The molecule has 30 heavy (non-hydrogen) atoms. The number of nitrogens with zero attached hydrogens (tertiary/aromatic N) is 3. The zero-order valence-corrected chi connectivity index (χ0v) is 17.5. The molecule has 0 aliphatic heterocycles. The van der Waals surface area contributed by atoms with Crippen molar-refractivity contribution in [1.82, 2.24) is 9.99 Å². The highest BCUT2D eigenvalue weighted by molar-refractivity contribution is 5.85. The smallest absolute Gasteiger partial charge is 0.273 e. The fourth-order valence-electron chi connectivity index (χ4n) is 3.49. The summed E-state index contributed by atoms with van der Waals surface area (Å²) >= 11 is 0. The van der Waals surface area contributed by atoms with Gasteiger partial charge in [-0.3, -0.25) is 14.9 Å². The number of nitro groups is 1. The Hall–Kier alpha value is -3.74. The van der Waals surface area contributed by atoms with Crippen LogP contribution in [0.15, 0.2) is 53.6 Å². The van der Waals surface area contributed by atoms with Crippen LogP contribution in [0.1, 0.15) is 33.6 Å². The lowest BCUT2D eigenvalue weighted by Crippen LogP contribution is -2.20. The molecule has 1 amide bonds. The van der Waals surface area contributed by atoms with Crippen LogP contribution in [0, 0.1) is 37.8 Å². The van der Waals surface area contributed by atoms with Gasteiger partial charge in [-0.2, -0.15) is 5.10 Å². The van der Waals surface area contributed by atoms with Crippen molar-refractivity contribution in [1.29, 1.82) is 0 Å². The molecule has 2 aromatic carbocycles. The van der Waals surface area contributed by atoms with Gasteiger partial charge in [-0.15, -0.1) is 0 Å². The second-order valence-corrected chi connectivity index (χ2v) is 7.24. The summed E-state index contributed by atoms with van der Waals surface area (Å²) in [5, 5.41) is 15.1. The topological polar surface area (TPSA) is 89.5 Å². The quantitative estimate of drug-likeness (QED) is 0.377. The van der Waals surface area contributed by atoms with Gasteiger partial charge in [0.25, 0.3) is 5.69 Å². The standard InChI is InChI=1S/C23H24N4O3/c1-15-8-7-11-21(17(15)3)26-16(2)12-20(18(26)4)14-24-25-23(28)13-19-9-5-6-10-22(19)27(29)30/h5-12,14H,13H2,1-4H3,(H,25,28). The molecule has 0 radical (unpaired) electrons. The van der Waals surface area contributed by atoms with E-state index in [4.69, 9.17) is 0 Å². The lowest BCUT2D eigenvalue weighted by atomic mass is 10.1. The van der Waals surface area contributed by atoms with Crippen molar-refractivity contribution in [3.8, 4) is 5.69 Å². The van der Waals surface area contributed by atoms with E-state index < -0.39 is 10.8 Å². The molecule has 7 heteroatoms. The summed E-state index contributed by atoms with van der Waals surface area (Å²) in [5.74, 6) is -0.413. The fourth-order valence-corrected chi connectivity index (χ4v) is 3.49. The van der Waals surface area contributed by atoms with Gasteiger partial charge in [0.2, 0.25) is 5.91 Å². The van der Waals surface area contributed by atoms with Crippen molar-refractivity contribution >= 4 is 17.8 Å². The van der Waals surface area contributed by atoms with Crippen molar-refractivity contribution < 1.29 is 9.72 Å². The summed E-state index contributed by atoms with van der Waals surface area (Å²) in [7, 11) is 0. The molecule has 154 valence electrons. The van der Waals surface area contributed by atoms with Gasteiger partial charge in [0.05, 0.1) is 17.6 Å². The third-order valence-corrected chi connectivity index (χ3v) is 5.22. The number of para-hydroxylation sites is 1. The van der Waals surface area contributed by atoms with Gasteiger partial charge >= 0.3 is 0 Å². The Morgan fingerprint density at radius 2 is 1.87 bits per heavy atom. The van der Waals surface area contributed by atoms with Gasteiger partial charge in [0, 0.05) is 34.3 Å². The normalized spacial score (nSPS) is 11.1. The highest BCUT2D eigenvalue weighted by Crippen LogP contribution is 2.24. The number of amides is 1. The zero-order valence-electron chi connectivity index (χ0n) is 17.5. The number of hydrogen-bond acceptors (Lipinski definition) is 4. The minimum Gasteiger partial charge on any atom is -0.318 e. The average Bonchev–Trinajstić information content (AvgIpc) is 2.98. The summed E-state index contributed by atoms with van der Waals surface area (Å²) in [6, 6.07) is 14.4. The molecule has 3 rings (SSSR count). The van der Waals surface area contributed by atoms with Crippen LogP contribution in [0.5, 0.6) is 0 Å². The highest BCUT2D eigenvalue weighted by atomic mass is 16.6. The molecule has 7 nitrogen and oxygen atoms in total. The van der Waals surface area contributed by atoms with E-state index in [1.165, 1.54) is 17.2 Å². The van der Waals surface area contributed by atoms with Crippen LogP contribution >= 0.6 is 0 Å². The predicted octanol–water partition coefficient (Wildman–Crippen LogP) is 4.31. The Labute approximate surface area is 175 Å². The largest absolute Gasteiger partial charge is 0.318 e. The molecule has 0 spiro atoms. The monoisotopic (exact) mass is 404 g/mol. The molecule has 0 fully saturated rings. The number of hydrogen-bond donors (Lipinski definition) is 1. The number of aromatic nitrogens is 1. The van der Waals surface area contributed by atoms with E-state index in [1.807, 2.05) is 26.0 Å².